The number of aromatic nitrogens is 2. The summed E-state index contributed by atoms with van der Waals surface area (Å²) in [5.74, 6) is 0.00242. The van der Waals surface area contributed by atoms with Gasteiger partial charge in [-0.05, 0) is 36.2 Å². The molecule has 1 fully saturated rings. The van der Waals surface area contributed by atoms with Crippen molar-refractivity contribution in [2.24, 2.45) is 0 Å². The Bertz CT molecular complexity index is 1090. The summed E-state index contributed by atoms with van der Waals surface area (Å²) in [5, 5.41) is 8.21. The van der Waals surface area contributed by atoms with Gasteiger partial charge in [0.05, 0.1) is 24.9 Å². The van der Waals surface area contributed by atoms with Crippen molar-refractivity contribution in [1.82, 2.24) is 20.0 Å². The first kappa shape index (κ1) is 21.6. The molecule has 0 bridgehead atoms. The van der Waals surface area contributed by atoms with Gasteiger partial charge < -0.3 is 9.64 Å². The molecule has 1 aromatic heterocycles. The predicted octanol–water partition coefficient (Wildman–Crippen LogP) is 4.76. The van der Waals surface area contributed by atoms with Gasteiger partial charge in [0.1, 0.15) is 5.69 Å². The van der Waals surface area contributed by atoms with E-state index in [1.165, 1.54) is 0 Å². The Morgan fingerprint density at radius 1 is 1.06 bits per heavy atom. The number of nitrogens with one attached hydrogen (secondary N) is 1. The predicted molar refractivity (Wildman–Crippen MR) is 128 cm³/mol. The van der Waals surface area contributed by atoms with Gasteiger partial charge in [-0.2, -0.15) is 5.10 Å². The van der Waals surface area contributed by atoms with Crippen LogP contribution in [0, 0.1) is 0 Å². The molecule has 0 spiro atoms. The monoisotopic (exact) mass is 514 g/mol. The molecule has 6 nitrogen and oxygen atoms in total. The van der Waals surface area contributed by atoms with Crippen LogP contribution in [0.2, 0.25) is 5.02 Å². The molecule has 3 aromatic rings. The highest BCUT2D eigenvalue weighted by Crippen LogP contribution is 2.43. The molecule has 8 heteroatoms. The number of hydrogen-bond acceptors (Lipinski definition) is 4. The molecule has 32 heavy (non-hydrogen) atoms. The van der Waals surface area contributed by atoms with Crippen molar-refractivity contribution in [3.05, 3.63) is 74.8 Å². The minimum absolute atomic E-state index is 0.00242. The second kappa shape index (κ2) is 9.35. The van der Waals surface area contributed by atoms with Crippen molar-refractivity contribution in [2.75, 3.05) is 39.4 Å². The van der Waals surface area contributed by atoms with Crippen LogP contribution in [0.3, 0.4) is 0 Å². The maximum atomic E-state index is 13.4. The maximum absolute atomic E-state index is 13.4. The van der Waals surface area contributed by atoms with Crippen molar-refractivity contribution in [1.29, 1.82) is 0 Å². The Morgan fingerprint density at radius 2 is 1.78 bits per heavy atom. The Hall–Kier alpha value is -2.19. The molecule has 1 saturated heterocycles. The van der Waals surface area contributed by atoms with Gasteiger partial charge in [-0.3, -0.25) is 14.8 Å². The fraction of sp³-hybridized carbons (Fsp3) is 0.333. The fourth-order valence-corrected chi connectivity index (χ4v) is 4.93. The van der Waals surface area contributed by atoms with E-state index in [0.717, 1.165) is 66.1 Å². The third kappa shape index (κ3) is 4.22. The first-order valence-corrected chi connectivity index (χ1v) is 12.0. The van der Waals surface area contributed by atoms with E-state index in [2.05, 4.69) is 43.2 Å². The Kier molecular flexibility index (Phi) is 6.33. The smallest absolute Gasteiger partial charge is 0.273 e. The Morgan fingerprint density at radius 3 is 2.50 bits per heavy atom. The summed E-state index contributed by atoms with van der Waals surface area (Å²) in [6.07, 6.45) is 0.909. The maximum Gasteiger partial charge on any atom is 0.273 e. The number of benzene rings is 2. The van der Waals surface area contributed by atoms with E-state index in [1.807, 2.05) is 41.3 Å². The molecule has 0 radical (unpaired) electrons. The van der Waals surface area contributed by atoms with Crippen molar-refractivity contribution >= 4 is 33.4 Å². The number of carbonyl (C=O) groups excluding carboxylic acids is 1. The number of halogens is 2. The molecule has 1 atom stereocenters. The lowest BCUT2D eigenvalue weighted by molar-refractivity contribution is 0.0354. The number of H-pyrrole nitrogens is 1. The molecule has 2 aliphatic rings. The molecule has 0 aliphatic carbocycles. The lowest BCUT2D eigenvalue weighted by Crippen LogP contribution is -2.38. The summed E-state index contributed by atoms with van der Waals surface area (Å²) in [6.45, 7) is 5.10. The highest BCUT2D eigenvalue weighted by molar-refractivity contribution is 9.10. The Labute approximate surface area is 200 Å². The quantitative estimate of drug-likeness (QED) is 0.514. The number of ether oxygens (including phenoxy) is 1. The topological polar surface area (TPSA) is 61.5 Å². The third-order valence-corrected chi connectivity index (χ3v) is 6.92. The van der Waals surface area contributed by atoms with E-state index in [1.54, 1.807) is 0 Å². The largest absolute Gasteiger partial charge is 0.379 e. The lowest BCUT2D eigenvalue weighted by Gasteiger charge is -2.29. The van der Waals surface area contributed by atoms with Gasteiger partial charge in [0.2, 0.25) is 0 Å². The molecule has 1 unspecified atom stereocenters. The Balaban J connectivity index is 1.46. The average Bonchev–Trinajstić information content (AvgIpc) is 3.35. The zero-order valence-corrected chi connectivity index (χ0v) is 19.9. The molecular formula is C24H24BrClN4O2. The van der Waals surface area contributed by atoms with E-state index in [-0.39, 0.29) is 11.9 Å². The fourth-order valence-electron chi connectivity index (χ4n) is 4.54. The minimum Gasteiger partial charge on any atom is -0.379 e. The summed E-state index contributed by atoms with van der Waals surface area (Å²) in [6, 6.07) is 15.6. The number of hydrogen-bond donors (Lipinski definition) is 1. The third-order valence-electron chi connectivity index (χ3n) is 6.14. The van der Waals surface area contributed by atoms with E-state index >= 15 is 0 Å². The summed E-state index contributed by atoms with van der Waals surface area (Å²) >= 11 is 9.61. The number of nitrogens with zero attached hydrogens (tertiary/aromatic N) is 3. The van der Waals surface area contributed by atoms with Gasteiger partial charge in [0.25, 0.3) is 5.91 Å². The average molecular weight is 516 g/mol. The SMILES string of the molecule is O=C1c2[nH]nc(-c3ccc(Cl)cc3)c2C(c2ccc(Br)cc2)N1CCCN1CCOCC1. The molecule has 1 amide bonds. The van der Waals surface area contributed by atoms with Gasteiger partial charge in [-0.25, -0.2) is 0 Å². The molecule has 1 N–H and O–H groups in total. The van der Waals surface area contributed by atoms with E-state index in [0.29, 0.717) is 17.3 Å². The van der Waals surface area contributed by atoms with Crippen LogP contribution in [-0.4, -0.2) is 65.3 Å². The van der Waals surface area contributed by atoms with Gasteiger partial charge in [-0.15, -0.1) is 0 Å². The van der Waals surface area contributed by atoms with Crippen molar-refractivity contribution in [3.63, 3.8) is 0 Å². The molecule has 2 aliphatic heterocycles. The summed E-state index contributed by atoms with van der Waals surface area (Å²) in [7, 11) is 0. The summed E-state index contributed by atoms with van der Waals surface area (Å²) < 4.78 is 6.46. The van der Waals surface area contributed by atoms with Gasteiger partial charge >= 0.3 is 0 Å². The number of morpholine rings is 1. The molecule has 0 saturated carbocycles. The lowest BCUT2D eigenvalue weighted by atomic mass is 9.96. The van der Waals surface area contributed by atoms with Crippen LogP contribution in [-0.2, 0) is 4.74 Å². The summed E-state index contributed by atoms with van der Waals surface area (Å²) in [4.78, 5) is 17.8. The number of fused-ring (bicyclic) bond motifs is 1. The van der Waals surface area contributed by atoms with Crippen LogP contribution in [0.1, 0.15) is 34.1 Å². The zero-order chi connectivity index (χ0) is 22.1. The second-order valence-electron chi connectivity index (χ2n) is 8.13. The second-order valence-corrected chi connectivity index (χ2v) is 9.48. The van der Waals surface area contributed by atoms with Crippen LogP contribution in [0.25, 0.3) is 11.3 Å². The highest BCUT2D eigenvalue weighted by Gasteiger charge is 2.41. The van der Waals surface area contributed by atoms with E-state index in [4.69, 9.17) is 16.3 Å². The first-order chi connectivity index (χ1) is 15.6. The highest BCUT2D eigenvalue weighted by atomic mass is 79.9. The van der Waals surface area contributed by atoms with Gasteiger partial charge in [0.15, 0.2) is 0 Å². The van der Waals surface area contributed by atoms with Crippen molar-refractivity contribution < 1.29 is 9.53 Å². The van der Waals surface area contributed by atoms with Gasteiger partial charge in [0, 0.05) is 46.8 Å². The molecule has 2 aromatic carbocycles. The number of rotatable bonds is 6. The number of aromatic amines is 1. The van der Waals surface area contributed by atoms with Crippen LogP contribution in [0.4, 0.5) is 0 Å². The number of amides is 1. The minimum atomic E-state index is -0.181. The van der Waals surface area contributed by atoms with E-state index < -0.39 is 0 Å². The van der Waals surface area contributed by atoms with Crippen LogP contribution in [0.5, 0.6) is 0 Å². The van der Waals surface area contributed by atoms with Crippen molar-refractivity contribution in [2.45, 2.75) is 12.5 Å². The number of carbonyl (C=O) groups is 1. The first-order valence-electron chi connectivity index (χ1n) is 10.8. The molecule has 5 rings (SSSR count). The van der Waals surface area contributed by atoms with Crippen LogP contribution >= 0.6 is 27.5 Å². The normalized spacial score (nSPS) is 18.9. The molecule has 3 heterocycles. The van der Waals surface area contributed by atoms with Crippen LogP contribution in [0.15, 0.2) is 53.0 Å². The van der Waals surface area contributed by atoms with Crippen molar-refractivity contribution in [3.8, 4) is 11.3 Å². The zero-order valence-electron chi connectivity index (χ0n) is 17.6. The molecule has 166 valence electrons. The standard InChI is InChI=1S/C24H24BrClN4O2/c25-18-6-2-17(3-7-18)23-20-21(16-4-8-19(26)9-5-16)27-28-22(20)24(31)30(23)11-1-10-29-12-14-32-15-13-29/h2-9,23H,1,10-15H2,(H,27,28). The van der Waals surface area contributed by atoms with Gasteiger partial charge in [-0.1, -0.05) is 51.8 Å². The molecular weight excluding hydrogens is 492 g/mol. The van der Waals surface area contributed by atoms with Crippen LogP contribution < -0.4 is 0 Å². The summed E-state index contributed by atoms with van der Waals surface area (Å²) in [5.41, 5.74) is 4.33. The van der Waals surface area contributed by atoms with E-state index in [9.17, 15) is 4.79 Å².